The summed E-state index contributed by atoms with van der Waals surface area (Å²) in [6.07, 6.45) is 5.59. The van der Waals surface area contributed by atoms with Gasteiger partial charge in [0.25, 0.3) is 0 Å². The zero-order valence-electron chi connectivity index (χ0n) is 9.74. The van der Waals surface area contributed by atoms with Crippen LogP contribution in [0, 0.1) is 0 Å². The van der Waals surface area contributed by atoms with Gasteiger partial charge in [-0.25, -0.2) is 9.97 Å². The third kappa shape index (κ3) is 2.02. The average Bonchev–Trinajstić information content (AvgIpc) is 3.12. The van der Waals surface area contributed by atoms with Gasteiger partial charge in [-0.15, -0.1) is 0 Å². The normalized spacial score (nSPS) is 20.6. The molecule has 1 fully saturated rings. The van der Waals surface area contributed by atoms with Gasteiger partial charge in [-0.05, 0) is 19.4 Å². The monoisotopic (exact) mass is 218 g/mol. The van der Waals surface area contributed by atoms with Crippen molar-refractivity contribution in [3.8, 4) is 0 Å². The molecule has 4 heteroatoms. The summed E-state index contributed by atoms with van der Waals surface area (Å²) in [5, 5.41) is 3.36. The molecule has 1 aliphatic heterocycles. The first-order valence-electron chi connectivity index (χ1n) is 6.19. The van der Waals surface area contributed by atoms with Crippen LogP contribution in [0.15, 0.2) is 6.20 Å². The van der Waals surface area contributed by atoms with Crippen LogP contribution in [0.1, 0.15) is 31.0 Å². The summed E-state index contributed by atoms with van der Waals surface area (Å²) in [6, 6.07) is 0.633. The van der Waals surface area contributed by atoms with Crippen molar-refractivity contribution in [1.29, 1.82) is 0 Å². The fourth-order valence-electron chi connectivity index (χ4n) is 2.12. The highest BCUT2D eigenvalue weighted by atomic mass is 15.2. The maximum atomic E-state index is 4.61. The van der Waals surface area contributed by atoms with E-state index in [0.717, 1.165) is 32.0 Å². The third-order valence-corrected chi connectivity index (χ3v) is 3.37. The molecular weight excluding hydrogens is 200 g/mol. The molecule has 16 heavy (non-hydrogen) atoms. The third-order valence-electron chi connectivity index (χ3n) is 3.37. The Balaban J connectivity index is 1.77. The van der Waals surface area contributed by atoms with E-state index in [-0.39, 0.29) is 0 Å². The van der Waals surface area contributed by atoms with Gasteiger partial charge in [0, 0.05) is 37.3 Å². The molecular formula is C12H18N4. The van der Waals surface area contributed by atoms with Crippen molar-refractivity contribution in [3.05, 3.63) is 17.5 Å². The summed E-state index contributed by atoms with van der Waals surface area (Å²) < 4.78 is 0. The first-order valence-corrected chi connectivity index (χ1v) is 6.19. The van der Waals surface area contributed by atoms with Gasteiger partial charge < -0.3 is 5.32 Å². The summed E-state index contributed by atoms with van der Waals surface area (Å²) in [5.41, 5.74) is 2.54. The van der Waals surface area contributed by atoms with Gasteiger partial charge in [0.2, 0.25) is 5.95 Å². The number of nitrogens with zero attached hydrogens (tertiary/aromatic N) is 3. The van der Waals surface area contributed by atoms with E-state index in [0.29, 0.717) is 6.04 Å². The molecule has 1 saturated carbocycles. The van der Waals surface area contributed by atoms with Gasteiger partial charge in [-0.2, -0.15) is 0 Å². The van der Waals surface area contributed by atoms with Crippen LogP contribution < -0.4 is 5.32 Å². The maximum Gasteiger partial charge on any atom is 0.223 e. The molecule has 2 heterocycles. The SMILES string of the molecule is CCN1CCc2nc(NC3CC3)ncc2C1. The minimum Gasteiger partial charge on any atom is -0.351 e. The van der Waals surface area contributed by atoms with Crippen molar-refractivity contribution in [1.82, 2.24) is 14.9 Å². The molecule has 1 aromatic rings. The number of rotatable bonds is 3. The van der Waals surface area contributed by atoms with E-state index in [1.54, 1.807) is 0 Å². The predicted molar refractivity (Wildman–Crippen MR) is 63.3 cm³/mol. The van der Waals surface area contributed by atoms with Gasteiger partial charge in [0.05, 0.1) is 5.69 Å². The van der Waals surface area contributed by atoms with E-state index >= 15 is 0 Å². The maximum absolute atomic E-state index is 4.61. The Morgan fingerprint density at radius 2 is 2.38 bits per heavy atom. The number of hydrogen-bond donors (Lipinski definition) is 1. The highest BCUT2D eigenvalue weighted by Crippen LogP contribution is 2.24. The number of fused-ring (bicyclic) bond motifs is 1. The molecule has 0 aromatic carbocycles. The molecule has 0 atom stereocenters. The van der Waals surface area contributed by atoms with Crippen LogP contribution >= 0.6 is 0 Å². The first-order chi connectivity index (χ1) is 7.85. The van der Waals surface area contributed by atoms with Crippen molar-refractivity contribution in [2.75, 3.05) is 18.4 Å². The molecule has 4 nitrogen and oxygen atoms in total. The second-order valence-electron chi connectivity index (χ2n) is 4.70. The highest BCUT2D eigenvalue weighted by Gasteiger charge is 2.23. The fraction of sp³-hybridized carbons (Fsp3) is 0.667. The molecule has 2 aliphatic rings. The Morgan fingerprint density at radius 3 is 3.12 bits per heavy atom. The Hall–Kier alpha value is -1.16. The van der Waals surface area contributed by atoms with E-state index in [1.165, 1.54) is 24.1 Å². The van der Waals surface area contributed by atoms with E-state index in [1.807, 2.05) is 6.20 Å². The summed E-state index contributed by atoms with van der Waals surface area (Å²) >= 11 is 0. The molecule has 0 amide bonds. The summed E-state index contributed by atoms with van der Waals surface area (Å²) in [4.78, 5) is 11.4. The Kier molecular flexibility index (Phi) is 2.52. The van der Waals surface area contributed by atoms with Crippen LogP contribution in [0.25, 0.3) is 0 Å². The Bertz CT molecular complexity index is 387. The first kappa shape index (κ1) is 10.0. The van der Waals surface area contributed by atoms with Crippen molar-refractivity contribution in [3.63, 3.8) is 0 Å². The minimum absolute atomic E-state index is 0.633. The standard InChI is InChI=1S/C12H18N4/c1-2-16-6-5-11-9(8-16)7-13-12(15-11)14-10-3-4-10/h7,10H,2-6,8H2,1H3,(H,13,14,15). The lowest BCUT2D eigenvalue weighted by molar-refractivity contribution is 0.265. The number of anilines is 1. The largest absolute Gasteiger partial charge is 0.351 e. The van der Waals surface area contributed by atoms with Gasteiger partial charge in [-0.3, -0.25) is 4.90 Å². The minimum atomic E-state index is 0.633. The van der Waals surface area contributed by atoms with Crippen molar-refractivity contribution >= 4 is 5.95 Å². The summed E-state index contributed by atoms with van der Waals surface area (Å²) in [7, 11) is 0. The van der Waals surface area contributed by atoms with Crippen molar-refractivity contribution in [2.24, 2.45) is 0 Å². The molecule has 3 rings (SSSR count). The highest BCUT2D eigenvalue weighted by molar-refractivity contribution is 5.33. The molecule has 0 saturated heterocycles. The fourth-order valence-corrected chi connectivity index (χ4v) is 2.12. The van der Waals surface area contributed by atoms with Crippen LogP contribution in [0.3, 0.4) is 0 Å². The molecule has 0 radical (unpaired) electrons. The summed E-state index contributed by atoms with van der Waals surface area (Å²) in [6.45, 7) is 5.45. The average molecular weight is 218 g/mol. The lowest BCUT2D eigenvalue weighted by Gasteiger charge is -2.26. The van der Waals surface area contributed by atoms with Gasteiger partial charge in [0.1, 0.15) is 0 Å². The molecule has 0 spiro atoms. The Labute approximate surface area is 96.1 Å². The van der Waals surface area contributed by atoms with E-state index in [9.17, 15) is 0 Å². The smallest absolute Gasteiger partial charge is 0.223 e. The molecule has 1 aromatic heterocycles. The van der Waals surface area contributed by atoms with Crippen LogP contribution in [0.5, 0.6) is 0 Å². The number of aromatic nitrogens is 2. The second kappa shape index (κ2) is 4.01. The van der Waals surface area contributed by atoms with Crippen molar-refractivity contribution in [2.45, 2.75) is 38.8 Å². The van der Waals surface area contributed by atoms with E-state index < -0.39 is 0 Å². The number of nitrogens with one attached hydrogen (secondary N) is 1. The van der Waals surface area contributed by atoms with Crippen LogP contribution in [0.4, 0.5) is 5.95 Å². The molecule has 0 unspecified atom stereocenters. The lowest BCUT2D eigenvalue weighted by atomic mass is 10.1. The van der Waals surface area contributed by atoms with Gasteiger partial charge >= 0.3 is 0 Å². The Morgan fingerprint density at radius 1 is 1.50 bits per heavy atom. The van der Waals surface area contributed by atoms with Crippen molar-refractivity contribution < 1.29 is 0 Å². The number of likely N-dealkylation sites (N-methyl/N-ethyl adjacent to an activating group) is 1. The predicted octanol–water partition coefficient (Wildman–Crippen LogP) is 1.43. The van der Waals surface area contributed by atoms with Crippen LogP contribution in [0.2, 0.25) is 0 Å². The number of hydrogen-bond acceptors (Lipinski definition) is 4. The van der Waals surface area contributed by atoms with E-state index in [4.69, 9.17) is 0 Å². The van der Waals surface area contributed by atoms with Crippen LogP contribution in [-0.4, -0.2) is 34.0 Å². The quantitative estimate of drug-likeness (QED) is 0.833. The molecule has 1 aliphatic carbocycles. The van der Waals surface area contributed by atoms with E-state index in [2.05, 4.69) is 27.1 Å². The van der Waals surface area contributed by atoms with Gasteiger partial charge in [-0.1, -0.05) is 6.92 Å². The molecule has 86 valence electrons. The zero-order chi connectivity index (χ0) is 11.0. The molecule has 0 bridgehead atoms. The summed E-state index contributed by atoms with van der Waals surface area (Å²) in [5.74, 6) is 0.825. The second-order valence-corrected chi connectivity index (χ2v) is 4.70. The lowest BCUT2D eigenvalue weighted by Crippen LogP contribution is -2.31. The van der Waals surface area contributed by atoms with Crippen LogP contribution in [-0.2, 0) is 13.0 Å². The zero-order valence-corrected chi connectivity index (χ0v) is 9.74. The molecule has 1 N–H and O–H groups in total. The van der Waals surface area contributed by atoms with Gasteiger partial charge in [0.15, 0.2) is 0 Å². The topological polar surface area (TPSA) is 41.1 Å².